The van der Waals surface area contributed by atoms with Crippen LogP contribution in [0, 0.1) is 11.8 Å². The Bertz CT molecular complexity index is 1310. The molecule has 192 valence electrons. The van der Waals surface area contributed by atoms with Gasteiger partial charge >= 0.3 is 10.3 Å². The predicted molar refractivity (Wildman–Crippen MR) is 132 cm³/mol. The molecule has 1 saturated carbocycles. The van der Waals surface area contributed by atoms with Crippen molar-refractivity contribution in [2.24, 2.45) is 17.0 Å². The van der Waals surface area contributed by atoms with Gasteiger partial charge in [0, 0.05) is 17.7 Å². The molecule has 0 spiro atoms. The van der Waals surface area contributed by atoms with Crippen LogP contribution in [0.25, 0.3) is 0 Å². The summed E-state index contributed by atoms with van der Waals surface area (Å²) in [7, 11) is -2.49. The standard InChI is InChI=1S/C24H27N3O7S2/c1-32-21-4-2-3-5-22(21)33-11-16-9-23(35-13-16)24(29)18-10-26-14-27-19(18)7-15-6-17(20(28)8-15)12-34-36(25,30)31/h2-5,9-10,13-15,17,20,28H,6-8,11-12H2,1H3,(H2,25,30,31)/t15-,17+,20-/m0/s1. The molecule has 0 radical (unpaired) electrons. The first-order valence-electron chi connectivity index (χ1n) is 11.3. The van der Waals surface area contributed by atoms with Crippen molar-refractivity contribution >= 4 is 27.4 Å². The number of aliphatic hydroxyl groups excluding tert-OH is 1. The molecule has 1 aliphatic carbocycles. The Labute approximate surface area is 213 Å². The SMILES string of the molecule is COc1ccccc1OCc1csc(C(=O)c2cncnc2C[C@@H]2C[C@H](COS(N)(=O)=O)[C@@H](O)C2)c1. The van der Waals surface area contributed by atoms with Gasteiger partial charge in [0.25, 0.3) is 0 Å². The number of aliphatic hydroxyl groups is 1. The molecule has 12 heteroatoms. The van der Waals surface area contributed by atoms with E-state index in [1.165, 1.54) is 23.9 Å². The molecule has 0 unspecified atom stereocenters. The van der Waals surface area contributed by atoms with Crippen LogP contribution < -0.4 is 14.6 Å². The molecular formula is C24H27N3O7S2. The molecule has 0 bridgehead atoms. The van der Waals surface area contributed by atoms with Gasteiger partial charge in [-0.05, 0) is 48.8 Å². The normalized spacial score (nSPS) is 19.8. The molecule has 0 saturated heterocycles. The van der Waals surface area contributed by atoms with Gasteiger partial charge in [-0.2, -0.15) is 8.42 Å². The van der Waals surface area contributed by atoms with Gasteiger partial charge in [-0.15, -0.1) is 11.3 Å². The number of benzene rings is 1. The Morgan fingerprint density at radius 2 is 2.03 bits per heavy atom. The maximum atomic E-state index is 13.3. The van der Waals surface area contributed by atoms with Gasteiger partial charge in [0.05, 0.1) is 36.0 Å². The van der Waals surface area contributed by atoms with Crippen molar-refractivity contribution in [3.8, 4) is 11.5 Å². The van der Waals surface area contributed by atoms with Crippen molar-refractivity contribution in [1.29, 1.82) is 0 Å². The van der Waals surface area contributed by atoms with Gasteiger partial charge < -0.3 is 14.6 Å². The fourth-order valence-electron chi connectivity index (χ4n) is 4.33. The van der Waals surface area contributed by atoms with Crippen molar-refractivity contribution in [3.05, 3.63) is 69.9 Å². The van der Waals surface area contributed by atoms with Crippen LogP contribution in [0.1, 0.15) is 39.3 Å². The number of rotatable bonds is 11. The minimum Gasteiger partial charge on any atom is -0.493 e. The fourth-order valence-corrected chi connectivity index (χ4v) is 5.54. The average Bonchev–Trinajstić information content (AvgIpc) is 3.47. The summed E-state index contributed by atoms with van der Waals surface area (Å²) >= 11 is 1.32. The summed E-state index contributed by atoms with van der Waals surface area (Å²) in [6.07, 6.45) is 3.59. The molecule has 2 heterocycles. The molecule has 36 heavy (non-hydrogen) atoms. The van der Waals surface area contributed by atoms with Gasteiger partial charge in [-0.3, -0.25) is 8.98 Å². The van der Waals surface area contributed by atoms with E-state index in [0.717, 1.165) is 5.56 Å². The monoisotopic (exact) mass is 533 g/mol. The second-order valence-electron chi connectivity index (χ2n) is 8.62. The molecule has 4 rings (SSSR count). The quantitative estimate of drug-likeness (QED) is 0.354. The van der Waals surface area contributed by atoms with Crippen LogP contribution in [0.15, 0.2) is 48.2 Å². The number of carbonyl (C=O) groups excluding carboxylic acids is 1. The number of ether oxygens (including phenoxy) is 2. The van der Waals surface area contributed by atoms with Crippen molar-refractivity contribution in [3.63, 3.8) is 0 Å². The predicted octanol–water partition coefficient (Wildman–Crippen LogP) is 2.51. The van der Waals surface area contributed by atoms with Gasteiger partial charge in [0.15, 0.2) is 11.5 Å². The van der Waals surface area contributed by atoms with E-state index in [4.69, 9.17) is 14.6 Å². The van der Waals surface area contributed by atoms with Gasteiger partial charge in [0.2, 0.25) is 5.78 Å². The molecule has 3 N–H and O–H groups in total. The number of hydrogen-bond donors (Lipinski definition) is 2. The number of para-hydroxylation sites is 2. The molecule has 10 nitrogen and oxygen atoms in total. The van der Waals surface area contributed by atoms with Crippen LogP contribution in [0.5, 0.6) is 11.5 Å². The zero-order valence-corrected chi connectivity index (χ0v) is 21.2. The van der Waals surface area contributed by atoms with Crippen LogP contribution in [0.3, 0.4) is 0 Å². The van der Waals surface area contributed by atoms with Crippen LogP contribution in [0.2, 0.25) is 0 Å². The van der Waals surface area contributed by atoms with Crippen molar-refractivity contribution in [1.82, 2.24) is 9.97 Å². The number of methoxy groups -OCH3 is 1. The number of thiophene rings is 1. The highest BCUT2D eigenvalue weighted by Gasteiger charge is 2.35. The van der Waals surface area contributed by atoms with Crippen molar-refractivity contribution in [2.75, 3.05) is 13.7 Å². The molecule has 3 aromatic rings. The number of hydrogen-bond acceptors (Lipinski definition) is 10. The summed E-state index contributed by atoms with van der Waals surface area (Å²) in [6.45, 7) is 0.102. The van der Waals surface area contributed by atoms with Crippen LogP contribution in [-0.4, -0.2) is 49.1 Å². The van der Waals surface area contributed by atoms with E-state index < -0.39 is 16.4 Å². The third kappa shape index (κ3) is 6.65. The molecule has 0 aliphatic heterocycles. The van der Waals surface area contributed by atoms with Gasteiger partial charge in [-0.25, -0.2) is 15.1 Å². The number of nitrogens with zero attached hydrogens (tertiary/aromatic N) is 2. The molecule has 2 aromatic heterocycles. The lowest BCUT2D eigenvalue weighted by atomic mass is 9.96. The lowest BCUT2D eigenvalue weighted by Crippen LogP contribution is -2.24. The summed E-state index contributed by atoms with van der Waals surface area (Å²) in [4.78, 5) is 22.2. The van der Waals surface area contributed by atoms with Crippen molar-refractivity contribution < 1.29 is 32.0 Å². The fraction of sp³-hybridized carbons (Fsp3) is 0.375. The first-order chi connectivity index (χ1) is 17.2. The van der Waals surface area contributed by atoms with E-state index in [1.54, 1.807) is 13.2 Å². The first-order valence-corrected chi connectivity index (χ1v) is 13.6. The van der Waals surface area contributed by atoms with Crippen LogP contribution in [-0.2, 0) is 27.5 Å². The summed E-state index contributed by atoms with van der Waals surface area (Å²) in [5, 5.41) is 17.1. The minimum atomic E-state index is -4.07. The Morgan fingerprint density at radius 3 is 2.78 bits per heavy atom. The van der Waals surface area contributed by atoms with E-state index in [0.29, 0.717) is 46.9 Å². The number of aromatic nitrogens is 2. The van der Waals surface area contributed by atoms with E-state index in [1.807, 2.05) is 29.6 Å². The second-order valence-corrected chi connectivity index (χ2v) is 10.7. The number of nitrogens with two attached hydrogens (primary N) is 1. The highest BCUT2D eigenvalue weighted by atomic mass is 32.2. The highest BCUT2D eigenvalue weighted by molar-refractivity contribution is 7.84. The second kappa shape index (κ2) is 11.4. The van der Waals surface area contributed by atoms with Crippen molar-refractivity contribution in [2.45, 2.75) is 32.0 Å². The Morgan fingerprint density at radius 1 is 1.25 bits per heavy atom. The Balaban J connectivity index is 1.41. The third-order valence-electron chi connectivity index (χ3n) is 6.06. The minimum absolute atomic E-state index is 0.00341. The average molecular weight is 534 g/mol. The zero-order valence-electron chi connectivity index (χ0n) is 19.6. The van der Waals surface area contributed by atoms with Crippen LogP contribution >= 0.6 is 11.3 Å². The largest absolute Gasteiger partial charge is 0.493 e. The first kappa shape index (κ1) is 26.2. The zero-order chi connectivity index (χ0) is 25.7. The summed E-state index contributed by atoms with van der Waals surface area (Å²) in [5.41, 5.74) is 1.83. The Kier molecular flexibility index (Phi) is 8.32. The third-order valence-corrected chi connectivity index (χ3v) is 7.51. The van der Waals surface area contributed by atoms with Gasteiger partial charge in [0.1, 0.15) is 12.9 Å². The summed E-state index contributed by atoms with van der Waals surface area (Å²) < 4.78 is 38.0. The number of ketones is 1. The van der Waals surface area contributed by atoms with E-state index in [2.05, 4.69) is 14.2 Å². The Hall–Kier alpha value is -2.90. The van der Waals surface area contributed by atoms with E-state index in [9.17, 15) is 18.3 Å². The summed E-state index contributed by atoms with van der Waals surface area (Å²) in [6, 6.07) is 9.14. The van der Waals surface area contributed by atoms with Gasteiger partial charge in [-0.1, -0.05) is 12.1 Å². The highest BCUT2D eigenvalue weighted by Crippen LogP contribution is 2.35. The molecule has 0 amide bonds. The number of carbonyl (C=O) groups is 1. The van der Waals surface area contributed by atoms with E-state index >= 15 is 0 Å². The summed E-state index contributed by atoms with van der Waals surface area (Å²) in [5.74, 6) is 0.697. The van der Waals surface area contributed by atoms with E-state index in [-0.39, 0.29) is 30.8 Å². The maximum absolute atomic E-state index is 13.3. The molecule has 1 aliphatic rings. The molecule has 1 fully saturated rings. The topological polar surface area (TPSA) is 151 Å². The molecule has 1 aromatic carbocycles. The molecular weight excluding hydrogens is 506 g/mol. The van der Waals surface area contributed by atoms with Crippen LogP contribution in [0.4, 0.5) is 0 Å². The lowest BCUT2D eigenvalue weighted by molar-refractivity contribution is 0.100. The maximum Gasteiger partial charge on any atom is 0.333 e. The lowest BCUT2D eigenvalue weighted by Gasteiger charge is -2.13. The molecule has 3 atom stereocenters. The smallest absolute Gasteiger partial charge is 0.333 e.